The molecule has 0 aromatic carbocycles. The number of aromatic nitrogens is 2. The molecule has 0 radical (unpaired) electrons. The highest BCUT2D eigenvalue weighted by Gasteiger charge is 2.14. The van der Waals surface area contributed by atoms with Gasteiger partial charge in [0.15, 0.2) is 0 Å². The molecule has 0 fully saturated rings. The van der Waals surface area contributed by atoms with Crippen LogP contribution in [0, 0.1) is 0 Å². The standard InChI is InChI=1S/C13H23N3OS/c1-5-14-12-11(10(2)3)13(16-9-15-12)18-8-6-7-17-4/h9-10H,5-8H2,1-4H3,(H,14,15,16). The molecule has 4 nitrogen and oxygen atoms in total. The molecule has 0 saturated carbocycles. The number of nitrogens with one attached hydrogen (secondary N) is 1. The van der Waals surface area contributed by atoms with Gasteiger partial charge in [-0.05, 0) is 19.3 Å². The van der Waals surface area contributed by atoms with E-state index >= 15 is 0 Å². The number of methoxy groups -OCH3 is 1. The molecule has 0 saturated heterocycles. The van der Waals surface area contributed by atoms with Gasteiger partial charge in [-0.15, -0.1) is 11.8 Å². The molecule has 102 valence electrons. The Hall–Kier alpha value is -0.810. The number of anilines is 1. The Bertz CT molecular complexity index is 358. The molecule has 1 N–H and O–H groups in total. The molecule has 1 aromatic heterocycles. The molecular weight excluding hydrogens is 246 g/mol. The van der Waals surface area contributed by atoms with E-state index in [2.05, 4.69) is 36.1 Å². The molecule has 18 heavy (non-hydrogen) atoms. The van der Waals surface area contributed by atoms with Crippen LogP contribution in [-0.4, -0.2) is 36.0 Å². The van der Waals surface area contributed by atoms with E-state index in [0.717, 1.165) is 36.2 Å². The van der Waals surface area contributed by atoms with Gasteiger partial charge in [-0.1, -0.05) is 13.8 Å². The first-order valence-electron chi connectivity index (χ1n) is 6.41. The molecule has 0 aliphatic rings. The smallest absolute Gasteiger partial charge is 0.133 e. The van der Waals surface area contributed by atoms with Crippen LogP contribution in [0.3, 0.4) is 0 Å². The quantitative estimate of drug-likeness (QED) is 0.446. The summed E-state index contributed by atoms with van der Waals surface area (Å²) in [6.07, 6.45) is 2.68. The highest BCUT2D eigenvalue weighted by molar-refractivity contribution is 7.99. The highest BCUT2D eigenvalue weighted by Crippen LogP contribution is 2.31. The van der Waals surface area contributed by atoms with E-state index in [0.29, 0.717) is 5.92 Å². The van der Waals surface area contributed by atoms with Gasteiger partial charge in [-0.3, -0.25) is 0 Å². The fourth-order valence-electron chi connectivity index (χ4n) is 1.70. The Kier molecular flexibility index (Phi) is 7.05. The second-order valence-corrected chi connectivity index (χ2v) is 5.40. The van der Waals surface area contributed by atoms with Gasteiger partial charge in [0.1, 0.15) is 17.2 Å². The molecule has 1 aromatic rings. The van der Waals surface area contributed by atoms with Crippen LogP contribution in [0.1, 0.15) is 38.7 Å². The third kappa shape index (κ3) is 4.46. The number of rotatable bonds is 8. The molecule has 0 bridgehead atoms. The van der Waals surface area contributed by atoms with Crippen molar-refractivity contribution in [2.75, 3.05) is 31.3 Å². The molecule has 5 heteroatoms. The van der Waals surface area contributed by atoms with E-state index in [9.17, 15) is 0 Å². The maximum absolute atomic E-state index is 5.06. The summed E-state index contributed by atoms with van der Waals surface area (Å²) in [5, 5.41) is 4.40. The normalized spacial score (nSPS) is 10.9. The second kappa shape index (κ2) is 8.32. The molecule has 0 aliphatic carbocycles. The van der Waals surface area contributed by atoms with Crippen molar-refractivity contribution >= 4 is 17.6 Å². The van der Waals surface area contributed by atoms with Crippen molar-refractivity contribution in [2.24, 2.45) is 0 Å². The lowest BCUT2D eigenvalue weighted by Gasteiger charge is -2.15. The largest absolute Gasteiger partial charge is 0.385 e. The average molecular weight is 269 g/mol. The molecule has 0 amide bonds. The van der Waals surface area contributed by atoms with Gasteiger partial charge < -0.3 is 10.1 Å². The molecule has 0 aliphatic heterocycles. The lowest BCUT2D eigenvalue weighted by molar-refractivity contribution is 0.200. The van der Waals surface area contributed by atoms with Crippen molar-refractivity contribution in [2.45, 2.75) is 38.1 Å². The zero-order chi connectivity index (χ0) is 13.4. The lowest BCUT2D eigenvalue weighted by atomic mass is 10.1. The van der Waals surface area contributed by atoms with Crippen LogP contribution in [0.4, 0.5) is 5.82 Å². The summed E-state index contributed by atoms with van der Waals surface area (Å²) < 4.78 is 5.06. The van der Waals surface area contributed by atoms with Crippen molar-refractivity contribution < 1.29 is 4.74 Å². The van der Waals surface area contributed by atoms with Gasteiger partial charge in [0.25, 0.3) is 0 Å². The fraction of sp³-hybridized carbons (Fsp3) is 0.692. The van der Waals surface area contributed by atoms with E-state index in [1.165, 1.54) is 5.56 Å². The van der Waals surface area contributed by atoms with E-state index in [4.69, 9.17) is 4.74 Å². The zero-order valence-corrected chi connectivity index (χ0v) is 12.5. The van der Waals surface area contributed by atoms with E-state index in [-0.39, 0.29) is 0 Å². The van der Waals surface area contributed by atoms with Crippen molar-refractivity contribution in [1.82, 2.24) is 9.97 Å². The highest BCUT2D eigenvalue weighted by atomic mass is 32.2. The number of thioether (sulfide) groups is 1. The SMILES string of the molecule is CCNc1ncnc(SCCCOC)c1C(C)C. The summed E-state index contributed by atoms with van der Waals surface area (Å²) in [6, 6.07) is 0. The third-order valence-corrected chi connectivity index (χ3v) is 3.59. The fourth-order valence-corrected chi connectivity index (χ4v) is 2.76. The topological polar surface area (TPSA) is 47.0 Å². The van der Waals surface area contributed by atoms with E-state index in [1.54, 1.807) is 25.2 Å². The summed E-state index contributed by atoms with van der Waals surface area (Å²) in [7, 11) is 1.73. The monoisotopic (exact) mass is 269 g/mol. The lowest BCUT2D eigenvalue weighted by Crippen LogP contribution is -2.07. The number of hydrogen-bond donors (Lipinski definition) is 1. The van der Waals surface area contributed by atoms with Crippen LogP contribution >= 0.6 is 11.8 Å². The predicted octanol–water partition coefficient (Wildman–Crippen LogP) is 3.16. The Morgan fingerprint density at radius 1 is 1.39 bits per heavy atom. The summed E-state index contributed by atoms with van der Waals surface area (Å²) >= 11 is 1.78. The summed E-state index contributed by atoms with van der Waals surface area (Å²) in [4.78, 5) is 8.75. The Balaban J connectivity index is 2.78. The average Bonchev–Trinajstić information content (AvgIpc) is 2.35. The molecule has 1 rings (SSSR count). The van der Waals surface area contributed by atoms with Crippen molar-refractivity contribution in [1.29, 1.82) is 0 Å². The molecule has 1 heterocycles. The first kappa shape index (κ1) is 15.2. The van der Waals surface area contributed by atoms with Gasteiger partial charge in [0, 0.05) is 31.6 Å². The third-order valence-electron chi connectivity index (χ3n) is 2.50. The van der Waals surface area contributed by atoms with Crippen molar-refractivity contribution in [3.05, 3.63) is 11.9 Å². The maximum atomic E-state index is 5.06. The van der Waals surface area contributed by atoms with Crippen LogP contribution in [0.2, 0.25) is 0 Å². The summed E-state index contributed by atoms with van der Waals surface area (Å²) in [5.41, 5.74) is 1.22. The Morgan fingerprint density at radius 3 is 2.78 bits per heavy atom. The minimum atomic E-state index is 0.421. The van der Waals surface area contributed by atoms with Gasteiger partial charge in [0.2, 0.25) is 0 Å². The van der Waals surface area contributed by atoms with Gasteiger partial charge in [0.05, 0.1) is 0 Å². The maximum Gasteiger partial charge on any atom is 0.133 e. The van der Waals surface area contributed by atoms with Crippen LogP contribution in [-0.2, 0) is 4.74 Å². The van der Waals surface area contributed by atoms with Crippen LogP contribution < -0.4 is 5.32 Å². The first-order chi connectivity index (χ1) is 8.70. The van der Waals surface area contributed by atoms with Crippen LogP contribution in [0.15, 0.2) is 11.4 Å². The molecule has 0 atom stereocenters. The summed E-state index contributed by atoms with van der Waals surface area (Å²) in [5.74, 6) is 2.41. The molecule has 0 unspecified atom stereocenters. The van der Waals surface area contributed by atoms with Crippen molar-refractivity contribution in [3.63, 3.8) is 0 Å². The Morgan fingerprint density at radius 2 is 2.17 bits per heavy atom. The predicted molar refractivity (Wildman–Crippen MR) is 77.5 cm³/mol. The van der Waals surface area contributed by atoms with Crippen molar-refractivity contribution in [3.8, 4) is 0 Å². The van der Waals surface area contributed by atoms with E-state index in [1.807, 2.05) is 0 Å². The number of ether oxygens (including phenoxy) is 1. The minimum Gasteiger partial charge on any atom is -0.385 e. The van der Waals surface area contributed by atoms with Gasteiger partial charge >= 0.3 is 0 Å². The zero-order valence-electron chi connectivity index (χ0n) is 11.7. The minimum absolute atomic E-state index is 0.421. The Labute approximate surface area is 114 Å². The number of hydrogen-bond acceptors (Lipinski definition) is 5. The first-order valence-corrected chi connectivity index (χ1v) is 7.39. The van der Waals surface area contributed by atoms with E-state index < -0.39 is 0 Å². The van der Waals surface area contributed by atoms with Crippen LogP contribution in [0.5, 0.6) is 0 Å². The van der Waals surface area contributed by atoms with Gasteiger partial charge in [-0.25, -0.2) is 9.97 Å². The molecule has 0 spiro atoms. The summed E-state index contributed by atoms with van der Waals surface area (Å²) in [6.45, 7) is 8.12. The number of nitrogens with zero attached hydrogens (tertiary/aromatic N) is 2. The van der Waals surface area contributed by atoms with Crippen LogP contribution in [0.25, 0.3) is 0 Å². The molecular formula is C13H23N3OS. The van der Waals surface area contributed by atoms with Gasteiger partial charge in [-0.2, -0.15) is 0 Å². The second-order valence-electron chi connectivity index (χ2n) is 4.32.